The van der Waals surface area contributed by atoms with Crippen molar-refractivity contribution in [2.75, 3.05) is 32.8 Å². The fourth-order valence-corrected chi connectivity index (χ4v) is 6.33. The summed E-state index contributed by atoms with van der Waals surface area (Å²) < 4.78 is 7.71. The molecule has 37 heavy (non-hydrogen) atoms. The van der Waals surface area contributed by atoms with Gasteiger partial charge in [-0.2, -0.15) is 4.98 Å². The lowest BCUT2D eigenvalue weighted by molar-refractivity contribution is 0.0371. The standard InChI is InChI=1S/C29H50ClN5OS/c1-24(2)37-28-26-27(32-29(30)33-28)31-25(3)35(26)19-17-15-13-11-9-7-5-4-6-8-10-12-14-16-18-34-20-22-36-23-21-34/h24H,4-23H2,1-3H3. The van der Waals surface area contributed by atoms with Crippen LogP contribution in [0.4, 0.5) is 0 Å². The second-order valence-corrected chi connectivity index (χ2v) is 12.8. The van der Waals surface area contributed by atoms with Gasteiger partial charge in [0.2, 0.25) is 5.28 Å². The van der Waals surface area contributed by atoms with E-state index in [9.17, 15) is 0 Å². The van der Waals surface area contributed by atoms with Crippen molar-refractivity contribution in [3.8, 4) is 0 Å². The Bertz CT molecular complexity index is 900. The lowest BCUT2D eigenvalue weighted by Gasteiger charge is -2.26. The zero-order valence-corrected chi connectivity index (χ0v) is 25.2. The SMILES string of the molecule is Cc1nc2nc(Cl)nc(SC(C)C)c2n1CCCCCCCCCCCCCCCCN1CCOCC1. The van der Waals surface area contributed by atoms with Crippen LogP contribution in [0.5, 0.6) is 0 Å². The zero-order valence-electron chi connectivity index (χ0n) is 23.7. The highest BCUT2D eigenvalue weighted by molar-refractivity contribution is 8.00. The maximum atomic E-state index is 6.15. The number of imidazole rings is 1. The Morgan fingerprint density at radius 2 is 1.27 bits per heavy atom. The molecule has 0 unspecified atom stereocenters. The number of ether oxygens (including phenoxy) is 1. The molecule has 3 rings (SSSR count). The molecule has 0 radical (unpaired) electrons. The Morgan fingerprint density at radius 1 is 0.757 bits per heavy atom. The molecule has 1 fully saturated rings. The van der Waals surface area contributed by atoms with Gasteiger partial charge in [-0.3, -0.25) is 4.90 Å². The third kappa shape index (κ3) is 11.4. The van der Waals surface area contributed by atoms with Gasteiger partial charge in [-0.25, -0.2) is 9.97 Å². The second-order valence-electron chi connectivity index (χ2n) is 10.9. The third-order valence-corrected chi connectivity index (χ3v) is 8.44. The summed E-state index contributed by atoms with van der Waals surface area (Å²) in [7, 11) is 0. The number of morpholine rings is 1. The van der Waals surface area contributed by atoms with Gasteiger partial charge in [0.05, 0.1) is 13.2 Å². The summed E-state index contributed by atoms with van der Waals surface area (Å²) in [4.78, 5) is 16.1. The van der Waals surface area contributed by atoms with E-state index in [1.165, 1.54) is 96.4 Å². The van der Waals surface area contributed by atoms with Crippen LogP contribution in [0, 0.1) is 6.92 Å². The van der Waals surface area contributed by atoms with Crippen molar-refractivity contribution < 1.29 is 4.74 Å². The molecule has 0 aliphatic carbocycles. The Labute approximate surface area is 234 Å². The summed E-state index contributed by atoms with van der Waals surface area (Å²) >= 11 is 7.88. The fourth-order valence-electron chi connectivity index (χ4n) is 5.22. The van der Waals surface area contributed by atoms with Gasteiger partial charge in [-0.1, -0.05) is 90.9 Å². The van der Waals surface area contributed by atoms with E-state index in [-0.39, 0.29) is 5.28 Å². The molecule has 2 aromatic rings. The number of rotatable bonds is 19. The topological polar surface area (TPSA) is 56.1 Å². The van der Waals surface area contributed by atoms with Gasteiger partial charge >= 0.3 is 0 Å². The van der Waals surface area contributed by atoms with Gasteiger partial charge in [0.25, 0.3) is 0 Å². The number of hydrogen-bond donors (Lipinski definition) is 0. The molecule has 0 aromatic carbocycles. The monoisotopic (exact) mass is 551 g/mol. The Balaban J connectivity index is 1.16. The average molecular weight is 552 g/mol. The number of aromatic nitrogens is 4. The quantitative estimate of drug-likeness (QED) is 0.0761. The summed E-state index contributed by atoms with van der Waals surface area (Å²) in [5, 5.41) is 1.68. The van der Waals surface area contributed by atoms with Crippen LogP contribution in [0.1, 0.15) is 110 Å². The summed E-state index contributed by atoms with van der Waals surface area (Å²) in [6, 6.07) is 0. The third-order valence-electron chi connectivity index (χ3n) is 7.29. The Kier molecular flexibility index (Phi) is 14.6. The van der Waals surface area contributed by atoms with E-state index in [2.05, 4.69) is 45.2 Å². The molecule has 2 aromatic heterocycles. The predicted molar refractivity (Wildman–Crippen MR) is 158 cm³/mol. The summed E-state index contributed by atoms with van der Waals surface area (Å²) in [5.74, 6) is 1.00. The van der Waals surface area contributed by atoms with Gasteiger partial charge in [-0.15, -0.1) is 11.8 Å². The molecule has 1 aliphatic heterocycles. The lowest BCUT2D eigenvalue weighted by Crippen LogP contribution is -2.36. The maximum Gasteiger partial charge on any atom is 0.225 e. The van der Waals surface area contributed by atoms with Crippen molar-refractivity contribution in [3.63, 3.8) is 0 Å². The van der Waals surface area contributed by atoms with E-state index < -0.39 is 0 Å². The maximum absolute atomic E-state index is 6.15. The molecule has 0 atom stereocenters. The van der Waals surface area contributed by atoms with Crippen LogP contribution in [0.15, 0.2) is 5.03 Å². The Morgan fingerprint density at radius 3 is 1.81 bits per heavy atom. The number of thioether (sulfide) groups is 1. The smallest absolute Gasteiger partial charge is 0.225 e. The minimum atomic E-state index is 0.287. The van der Waals surface area contributed by atoms with Crippen molar-refractivity contribution in [1.29, 1.82) is 0 Å². The number of fused-ring (bicyclic) bond motifs is 1. The number of nitrogens with zero attached hydrogens (tertiary/aromatic N) is 5. The number of aryl methyl sites for hydroxylation is 2. The van der Waals surface area contributed by atoms with Crippen molar-refractivity contribution >= 4 is 34.5 Å². The van der Waals surface area contributed by atoms with Gasteiger partial charge in [0, 0.05) is 24.9 Å². The minimum Gasteiger partial charge on any atom is -0.379 e. The van der Waals surface area contributed by atoms with E-state index in [1.54, 1.807) is 11.8 Å². The Hall–Kier alpha value is -0.890. The first-order chi connectivity index (χ1) is 18.0. The highest BCUT2D eigenvalue weighted by Crippen LogP contribution is 2.30. The molecule has 0 bridgehead atoms. The summed E-state index contributed by atoms with van der Waals surface area (Å²) in [6.45, 7) is 12.8. The van der Waals surface area contributed by atoms with Crippen molar-refractivity contribution in [3.05, 3.63) is 11.1 Å². The normalized spacial score (nSPS) is 14.8. The highest BCUT2D eigenvalue weighted by Gasteiger charge is 2.17. The van der Waals surface area contributed by atoms with E-state index >= 15 is 0 Å². The molecular formula is C29H50ClN5OS. The van der Waals surface area contributed by atoms with E-state index in [4.69, 9.17) is 16.3 Å². The molecule has 8 heteroatoms. The first-order valence-electron chi connectivity index (χ1n) is 14.9. The van der Waals surface area contributed by atoms with E-state index in [0.717, 1.165) is 54.9 Å². The molecule has 0 spiro atoms. The van der Waals surface area contributed by atoms with E-state index in [0.29, 0.717) is 5.25 Å². The zero-order chi connectivity index (χ0) is 26.3. The van der Waals surface area contributed by atoms with E-state index in [1.807, 2.05) is 0 Å². The van der Waals surface area contributed by atoms with Crippen LogP contribution in [-0.2, 0) is 11.3 Å². The molecule has 210 valence electrons. The molecular weight excluding hydrogens is 502 g/mol. The molecule has 0 N–H and O–H groups in total. The van der Waals surface area contributed by atoms with Crippen LogP contribution < -0.4 is 0 Å². The number of unbranched alkanes of at least 4 members (excludes halogenated alkanes) is 13. The average Bonchev–Trinajstić information content (AvgIpc) is 3.18. The highest BCUT2D eigenvalue weighted by atomic mass is 35.5. The largest absolute Gasteiger partial charge is 0.379 e. The van der Waals surface area contributed by atoms with Crippen LogP contribution in [0.2, 0.25) is 5.28 Å². The first-order valence-corrected chi connectivity index (χ1v) is 16.2. The molecule has 6 nitrogen and oxygen atoms in total. The van der Waals surface area contributed by atoms with Crippen LogP contribution >= 0.6 is 23.4 Å². The molecule has 1 saturated heterocycles. The van der Waals surface area contributed by atoms with Crippen LogP contribution in [-0.4, -0.2) is 62.5 Å². The minimum absolute atomic E-state index is 0.287. The van der Waals surface area contributed by atoms with Gasteiger partial charge in [0.15, 0.2) is 5.65 Å². The van der Waals surface area contributed by atoms with Gasteiger partial charge < -0.3 is 9.30 Å². The number of halogens is 1. The van der Waals surface area contributed by atoms with Crippen LogP contribution in [0.3, 0.4) is 0 Å². The first kappa shape index (κ1) is 30.6. The molecule has 3 heterocycles. The van der Waals surface area contributed by atoms with Gasteiger partial charge in [0.1, 0.15) is 16.4 Å². The molecule has 0 saturated carbocycles. The van der Waals surface area contributed by atoms with Gasteiger partial charge in [-0.05, 0) is 37.9 Å². The van der Waals surface area contributed by atoms with Crippen molar-refractivity contribution in [2.24, 2.45) is 0 Å². The molecule has 0 amide bonds. The number of hydrogen-bond acceptors (Lipinski definition) is 6. The summed E-state index contributed by atoms with van der Waals surface area (Å²) in [6.07, 6.45) is 19.2. The lowest BCUT2D eigenvalue weighted by atomic mass is 10.0. The van der Waals surface area contributed by atoms with Crippen LogP contribution in [0.25, 0.3) is 11.2 Å². The summed E-state index contributed by atoms with van der Waals surface area (Å²) in [5.41, 5.74) is 1.78. The van der Waals surface area contributed by atoms with Crippen molar-refractivity contribution in [2.45, 2.75) is 127 Å². The second kappa shape index (κ2) is 17.6. The van der Waals surface area contributed by atoms with Crippen molar-refractivity contribution in [1.82, 2.24) is 24.4 Å². The molecule has 1 aliphatic rings. The fraction of sp³-hybridized carbons (Fsp3) is 0.828. The predicted octanol–water partition coefficient (Wildman–Crippen LogP) is 8.08.